The predicted octanol–water partition coefficient (Wildman–Crippen LogP) is 1.84. The number of anilines is 1. The van der Waals surface area contributed by atoms with E-state index in [9.17, 15) is 0 Å². The summed E-state index contributed by atoms with van der Waals surface area (Å²) in [6.07, 6.45) is 3.45. The third-order valence-corrected chi connectivity index (χ3v) is 2.12. The topological polar surface area (TPSA) is 63.6 Å². The monoisotopic (exact) mass is 235 g/mol. The van der Waals surface area contributed by atoms with E-state index < -0.39 is 0 Å². The Kier molecular flexibility index (Phi) is 3.26. The maximum absolute atomic E-state index is 5.62. The van der Waals surface area contributed by atoms with E-state index in [2.05, 4.69) is 25.5 Å². The first-order valence-corrected chi connectivity index (χ1v) is 5.12. The molecule has 0 radical (unpaired) electrons. The van der Waals surface area contributed by atoms with Gasteiger partial charge < -0.3 is 5.32 Å². The molecular formula is C10H10ClN5. The van der Waals surface area contributed by atoms with E-state index >= 15 is 0 Å². The number of aryl methyl sites for hydroxylation is 1. The third-order valence-electron chi connectivity index (χ3n) is 1.92. The highest BCUT2D eigenvalue weighted by atomic mass is 35.5. The molecule has 0 aliphatic heterocycles. The van der Waals surface area contributed by atoms with Crippen LogP contribution in [0.2, 0.25) is 5.15 Å². The largest absolute Gasteiger partial charge is 0.363 e. The lowest BCUT2D eigenvalue weighted by molar-refractivity contribution is 0.953. The van der Waals surface area contributed by atoms with E-state index in [1.807, 2.05) is 6.92 Å². The molecule has 6 heteroatoms. The van der Waals surface area contributed by atoms with Crippen molar-refractivity contribution in [2.45, 2.75) is 13.5 Å². The number of aromatic nitrogens is 4. The summed E-state index contributed by atoms with van der Waals surface area (Å²) in [5, 5.41) is 11.0. The summed E-state index contributed by atoms with van der Waals surface area (Å²) in [7, 11) is 0. The average Bonchev–Trinajstić information content (AvgIpc) is 2.30. The van der Waals surface area contributed by atoms with Crippen LogP contribution in [0.25, 0.3) is 0 Å². The highest BCUT2D eigenvalue weighted by Gasteiger charge is 1.97. The van der Waals surface area contributed by atoms with Gasteiger partial charge in [-0.15, -0.1) is 10.2 Å². The van der Waals surface area contributed by atoms with E-state index in [0.29, 0.717) is 17.5 Å². The fourth-order valence-electron chi connectivity index (χ4n) is 1.10. The van der Waals surface area contributed by atoms with Crippen molar-refractivity contribution < 1.29 is 0 Å². The summed E-state index contributed by atoms with van der Waals surface area (Å²) in [6.45, 7) is 2.46. The molecule has 5 nitrogen and oxygen atoms in total. The quantitative estimate of drug-likeness (QED) is 0.880. The first-order chi connectivity index (χ1) is 7.74. The van der Waals surface area contributed by atoms with E-state index in [0.717, 1.165) is 11.4 Å². The maximum Gasteiger partial charge on any atom is 0.151 e. The molecule has 0 unspecified atom stereocenters. The lowest BCUT2D eigenvalue weighted by atomic mass is 10.4. The van der Waals surface area contributed by atoms with Gasteiger partial charge in [0, 0.05) is 6.20 Å². The normalized spacial score (nSPS) is 10.1. The Morgan fingerprint density at radius 3 is 2.69 bits per heavy atom. The Morgan fingerprint density at radius 2 is 2.06 bits per heavy atom. The van der Waals surface area contributed by atoms with Gasteiger partial charge in [0.15, 0.2) is 5.15 Å². The zero-order chi connectivity index (χ0) is 11.4. The Morgan fingerprint density at radius 1 is 1.19 bits per heavy atom. The lowest BCUT2D eigenvalue weighted by Crippen LogP contribution is -2.04. The van der Waals surface area contributed by atoms with Crippen LogP contribution >= 0.6 is 11.6 Å². The van der Waals surface area contributed by atoms with Gasteiger partial charge in [0.05, 0.1) is 24.1 Å². The van der Waals surface area contributed by atoms with Crippen LogP contribution in [0, 0.1) is 6.92 Å². The molecule has 1 N–H and O–H groups in total. The third kappa shape index (κ3) is 2.87. The summed E-state index contributed by atoms with van der Waals surface area (Å²) in [6, 6.07) is 3.44. The van der Waals surface area contributed by atoms with Crippen LogP contribution in [-0.4, -0.2) is 20.2 Å². The van der Waals surface area contributed by atoms with Crippen LogP contribution in [-0.2, 0) is 6.54 Å². The van der Waals surface area contributed by atoms with Gasteiger partial charge in [-0.05, 0) is 19.1 Å². The number of nitrogens with zero attached hydrogens (tertiary/aromatic N) is 4. The Balaban J connectivity index is 1.97. The van der Waals surface area contributed by atoms with Gasteiger partial charge in [0.25, 0.3) is 0 Å². The molecule has 0 aromatic carbocycles. The zero-order valence-electron chi connectivity index (χ0n) is 8.68. The molecule has 0 atom stereocenters. The SMILES string of the molecule is Cc1cnc(CNc2ccc(Cl)nn2)cn1. The second-order valence-electron chi connectivity index (χ2n) is 3.24. The molecule has 0 aliphatic rings. The van der Waals surface area contributed by atoms with Gasteiger partial charge in [-0.2, -0.15) is 0 Å². The summed E-state index contributed by atoms with van der Waals surface area (Å²) in [4.78, 5) is 8.36. The van der Waals surface area contributed by atoms with Crippen LogP contribution in [0.5, 0.6) is 0 Å². The molecule has 0 amide bonds. The highest BCUT2D eigenvalue weighted by Crippen LogP contribution is 2.07. The van der Waals surface area contributed by atoms with Crippen molar-refractivity contribution in [1.82, 2.24) is 20.2 Å². The van der Waals surface area contributed by atoms with Crippen molar-refractivity contribution in [3.05, 3.63) is 41.1 Å². The fourth-order valence-corrected chi connectivity index (χ4v) is 1.20. The molecule has 0 spiro atoms. The first kappa shape index (κ1) is 10.8. The zero-order valence-corrected chi connectivity index (χ0v) is 9.44. The van der Waals surface area contributed by atoms with E-state index in [4.69, 9.17) is 11.6 Å². The minimum Gasteiger partial charge on any atom is -0.363 e. The van der Waals surface area contributed by atoms with Crippen molar-refractivity contribution in [2.24, 2.45) is 0 Å². The number of rotatable bonds is 3. The Labute approximate surface area is 97.9 Å². The molecule has 16 heavy (non-hydrogen) atoms. The van der Waals surface area contributed by atoms with Gasteiger partial charge in [0.2, 0.25) is 0 Å². The smallest absolute Gasteiger partial charge is 0.151 e. The molecule has 2 aromatic heterocycles. The molecule has 2 aromatic rings. The van der Waals surface area contributed by atoms with Crippen LogP contribution in [0.3, 0.4) is 0 Å². The van der Waals surface area contributed by atoms with Crippen molar-refractivity contribution >= 4 is 17.4 Å². The van der Waals surface area contributed by atoms with Gasteiger partial charge in [-0.25, -0.2) is 0 Å². The minimum absolute atomic E-state index is 0.376. The number of hydrogen-bond donors (Lipinski definition) is 1. The van der Waals surface area contributed by atoms with Crippen LogP contribution in [0.1, 0.15) is 11.4 Å². The Hall–Kier alpha value is -1.75. The first-order valence-electron chi connectivity index (χ1n) is 4.74. The molecule has 82 valence electrons. The van der Waals surface area contributed by atoms with Crippen molar-refractivity contribution in [3.8, 4) is 0 Å². The molecule has 0 aliphatic carbocycles. The van der Waals surface area contributed by atoms with E-state index in [1.54, 1.807) is 24.5 Å². The van der Waals surface area contributed by atoms with Gasteiger partial charge in [0.1, 0.15) is 5.82 Å². The number of nitrogens with one attached hydrogen (secondary N) is 1. The molecule has 0 fully saturated rings. The standard InChI is InChI=1S/C10H10ClN5/c1-7-4-13-8(5-12-7)6-14-10-3-2-9(11)15-16-10/h2-5H,6H2,1H3,(H,14,16). The van der Waals surface area contributed by atoms with Gasteiger partial charge in [-0.1, -0.05) is 11.6 Å². The van der Waals surface area contributed by atoms with Crippen LogP contribution < -0.4 is 5.32 Å². The van der Waals surface area contributed by atoms with Gasteiger partial charge >= 0.3 is 0 Å². The number of hydrogen-bond acceptors (Lipinski definition) is 5. The fraction of sp³-hybridized carbons (Fsp3) is 0.200. The van der Waals surface area contributed by atoms with E-state index in [1.165, 1.54) is 0 Å². The van der Waals surface area contributed by atoms with Crippen molar-refractivity contribution in [2.75, 3.05) is 5.32 Å². The summed E-state index contributed by atoms with van der Waals surface area (Å²) >= 11 is 5.62. The summed E-state index contributed by atoms with van der Waals surface area (Å²) in [5.41, 5.74) is 1.75. The van der Waals surface area contributed by atoms with Gasteiger partial charge in [-0.3, -0.25) is 9.97 Å². The Bertz CT molecular complexity index is 408. The minimum atomic E-state index is 0.376. The molecule has 2 heterocycles. The predicted molar refractivity (Wildman–Crippen MR) is 61.1 cm³/mol. The second kappa shape index (κ2) is 4.85. The summed E-state index contributed by atoms with van der Waals surface area (Å²) < 4.78 is 0. The van der Waals surface area contributed by atoms with Crippen LogP contribution in [0.4, 0.5) is 5.82 Å². The molecular weight excluding hydrogens is 226 g/mol. The highest BCUT2D eigenvalue weighted by molar-refractivity contribution is 6.29. The molecule has 0 bridgehead atoms. The summed E-state index contributed by atoms with van der Waals surface area (Å²) in [5.74, 6) is 0.659. The van der Waals surface area contributed by atoms with Crippen molar-refractivity contribution in [1.29, 1.82) is 0 Å². The van der Waals surface area contributed by atoms with E-state index in [-0.39, 0.29) is 0 Å². The van der Waals surface area contributed by atoms with Crippen LogP contribution in [0.15, 0.2) is 24.5 Å². The molecule has 0 saturated heterocycles. The molecule has 2 rings (SSSR count). The molecule has 0 saturated carbocycles. The number of halogens is 1. The second-order valence-corrected chi connectivity index (χ2v) is 3.63. The lowest BCUT2D eigenvalue weighted by Gasteiger charge is -2.03. The average molecular weight is 236 g/mol. The maximum atomic E-state index is 5.62. The van der Waals surface area contributed by atoms with Crippen molar-refractivity contribution in [3.63, 3.8) is 0 Å².